The molecule has 0 saturated carbocycles. The van der Waals surface area contributed by atoms with Crippen LogP contribution in [-0.2, 0) is 11.3 Å². The summed E-state index contributed by atoms with van der Waals surface area (Å²) in [5.74, 6) is 0.930. The van der Waals surface area contributed by atoms with E-state index in [0.717, 1.165) is 37.6 Å². The van der Waals surface area contributed by atoms with Crippen LogP contribution in [0.4, 0.5) is 0 Å². The molecular formula is C18H22N4O. The number of benzene rings is 1. The summed E-state index contributed by atoms with van der Waals surface area (Å²) >= 11 is 0. The normalized spacial score (nSPS) is 18.9. The first kappa shape index (κ1) is 15.6. The van der Waals surface area contributed by atoms with E-state index in [4.69, 9.17) is 0 Å². The highest BCUT2D eigenvalue weighted by atomic mass is 16.2. The van der Waals surface area contributed by atoms with E-state index in [1.165, 1.54) is 5.56 Å². The fourth-order valence-electron chi connectivity index (χ4n) is 3.02. The van der Waals surface area contributed by atoms with E-state index in [2.05, 4.69) is 39.1 Å². The standard InChI is InChI=1S/C18H22N4O/c1-14-19-10-16(11-20-14)12-22-9-8-21(15(2)23)13-18(22)17-6-4-3-5-7-17/h3-7,10-11,18H,8-9,12-13H2,1-2H3/t18-/m0/s1. The molecule has 0 unspecified atom stereocenters. The summed E-state index contributed by atoms with van der Waals surface area (Å²) in [6, 6.07) is 10.6. The van der Waals surface area contributed by atoms with E-state index in [-0.39, 0.29) is 11.9 Å². The maximum atomic E-state index is 11.8. The quantitative estimate of drug-likeness (QED) is 0.872. The second kappa shape index (κ2) is 6.87. The number of aromatic nitrogens is 2. The number of amides is 1. The predicted molar refractivity (Wildman–Crippen MR) is 88.6 cm³/mol. The van der Waals surface area contributed by atoms with Crippen LogP contribution in [0.15, 0.2) is 42.7 Å². The molecule has 1 atom stereocenters. The number of carbonyl (C=O) groups is 1. The fourth-order valence-corrected chi connectivity index (χ4v) is 3.02. The number of carbonyl (C=O) groups excluding carboxylic acids is 1. The molecule has 2 heterocycles. The lowest BCUT2D eigenvalue weighted by Crippen LogP contribution is -2.49. The summed E-state index contributed by atoms with van der Waals surface area (Å²) in [7, 11) is 0. The molecule has 5 nitrogen and oxygen atoms in total. The van der Waals surface area contributed by atoms with Crippen LogP contribution >= 0.6 is 0 Å². The number of nitrogens with zero attached hydrogens (tertiary/aromatic N) is 4. The highest BCUT2D eigenvalue weighted by molar-refractivity contribution is 5.73. The first-order valence-corrected chi connectivity index (χ1v) is 7.95. The summed E-state index contributed by atoms with van der Waals surface area (Å²) in [5, 5.41) is 0. The van der Waals surface area contributed by atoms with Crippen molar-refractivity contribution in [2.45, 2.75) is 26.4 Å². The van der Waals surface area contributed by atoms with Crippen LogP contribution in [0.2, 0.25) is 0 Å². The summed E-state index contributed by atoms with van der Waals surface area (Å²) in [6.45, 7) is 6.68. The lowest BCUT2D eigenvalue weighted by molar-refractivity contribution is -0.132. The number of rotatable bonds is 3. The van der Waals surface area contributed by atoms with Gasteiger partial charge in [-0.05, 0) is 12.5 Å². The highest BCUT2D eigenvalue weighted by Gasteiger charge is 2.29. The molecule has 23 heavy (non-hydrogen) atoms. The largest absolute Gasteiger partial charge is 0.340 e. The Morgan fingerprint density at radius 2 is 1.87 bits per heavy atom. The van der Waals surface area contributed by atoms with Crippen LogP contribution in [-0.4, -0.2) is 45.3 Å². The second-order valence-electron chi connectivity index (χ2n) is 6.00. The Hall–Kier alpha value is -2.27. The van der Waals surface area contributed by atoms with Gasteiger partial charge in [-0.15, -0.1) is 0 Å². The molecule has 5 heteroatoms. The molecule has 0 spiro atoms. The van der Waals surface area contributed by atoms with E-state index in [1.807, 2.05) is 30.3 Å². The number of piperazine rings is 1. The van der Waals surface area contributed by atoms with E-state index >= 15 is 0 Å². The van der Waals surface area contributed by atoms with E-state index < -0.39 is 0 Å². The minimum absolute atomic E-state index is 0.143. The van der Waals surface area contributed by atoms with Gasteiger partial charge in [-0.25, -0.2) is 9.97 Å². The van der Waals surface area contributed by atoms with Crippen molar-refractivity contribution in [2.75, 3.05) is 19.6 Å². The molecule has 0 bridgehead atoms. The van der Waals surface area contributed by atoms with E-state index in [1.54, 1.807) is 6.92 Å². The van der Waals surface area contributed by atoms with Crippen molar-refractivity contribution in [1.29, 1.82) is 0 Å². The monoisotopic (exact) mass is 310 g/mol. The predicted octanol–water partition coefficient (Wildman–Crippen LogP) is 2.19. The van der Waals surface area contributed by atoms with Crippen molar-refractivity contribution in [1.82, 2.24) is 19.8 Å². The van der Waals surface area contributed by atoms with Crippen molar-refractivity contribution < 1.29 is 4.79 Å². The highest BCUT2D eigenvalue weighted by Crippen LogP contribution is 2.27. The number of hydrogen-bond donors (Lipinski definition) is 0. The third kappa shape index (κ3) is 3.74. The second-order valence-corrected chi connectivity index (χ2v) is 6.00. The van der Waals surface area contributed by atoms with Crippen molar-refractivity contribution in [3.8, 4) is 0 Å². The summed E-state index contributed by atoms with van der Waals surface area (Å²) < 4.78 is 0. The van der Waals surface area contributed by atoms with Gasteiger partial charge in [0.05, 0.1) is 6.04 Å². The van der Waals surface area contributed by atoms with Gasteiger partial charge in [0, 0.05) is 51.1 Å². The SMILES string of the molecule is CC(=O)N1CCN(Cc2cnc(C)nc2)[C@H](c2ccccc2)C1. The van der Waals surface area contributed by atoms with Crippen molar-refractivity contribution in [3.63, 3.8) is 0 Å². The zero-order valence-corrected chi connectivity index (χ0v) is 13.6. The molecule has 1 saturated heterocycles. The molecule has 0 N–H and O–H groups in total. The maximum Gasteiger partial charge on any atom is 0.219 e. The fraction of sp³-hybridized carbons (Fsp3) is 0.389. The molecule has 0 aliphatic carbocycles. The van der Waals surface area contributed by atoms with Gasteiger partial charge in [0.1, 0.15) is 5.82 Å². The Bertz CT molecular complexity index is 656. The van der Waals surface area contributed by atoms with Crippen LogP contribution in [0.5, 0.6) is 0 Å². The average molecular weight is 310 g/mol. The Kier molecular flexibility index (Phi) is 4.67. The van der Waals surface area contributed by atoms with Gasteiger partial charge in [0.15, 0.2) is 0 Å². The molecule has 1 amide bonds. The third-order valence-corrected chi connectivity index (χ3v) is 4.34. The van der Waals surface area contributed by atoms with E-state index in [9.17, 15) is 4.79 Å². The maximum absolute atomic E-state index is 11.8. The van der Waals surface area contributed by atoms with Crippen LogP contribution in [0.3, 0.4) is 0 Å². The minimum atomic E-state index is 0.143. The van der Waals surface area contributed by atoms with Crippen LogP contribution in [0, 0.1) is 6.92 Å². The third-order valence-electron chi connectivity index (χ3n) is 4.34. The molecule has 3 rings (SSSR count). The van der Waals surface area contributed by atoms with E-state index in [0.29, 0.717) is 0 Å². The molecule has 120 valence electrons. The lowest BCUT2D eigenvalue weighted by atomic mass is 10.0. The van der Waals surface area contributed by atoms with Crippen molar-refractivity contribution in [3.05, 3.63) is 59.7 Å². The summed E-state index contributed by atoms with van der Waals surface area (Å²) in [5.41, 5.74) is 2.35. The van der Waals surface area contributed by atoms with Crippen LogP contribution in [0.25, 0.3) is 0 Å². The minimum Gasteiger partial charge on any atom is -0.340 e. The van der Waals surface area contributed by atoms with Crippen LogP contribution < -0.4 is 0 Å². The first-order chi connectivity index (χ1) is 11.1. The molecule has 2 aromatic rings. The Morgan fingerprint density at radius 3 is 2.52 bits per heavy atom. The number of hydrogen-bond acceptors (Lipinski definition) is 4. The Morgan fingerprint density at radius 1 is 1.17 bits per heavy atom. The smallest absolute Gasteiger partial charge is 0.219 e. The van der Waals surface area contributed by atoms with Gasteiger partial charge < -0.3 is 4.90 Å². The van der Waals surface area contributed by atoms with Gasteiger partial charge in [-0.2, -0.15) is 0 Å². The molecule has 1 aromatic carbocycles. The average Bonchev–Trinajstić information content (AvgIpc) is 2.58. The van der Waals surface area contributed by atoms with Crippen molar-refractivity contribution >= 4 is 5.91 Å². The molecule has 0 radical (unpaired) electrons. The number of aryl methyl sites for hydroxylation is 1. The summed E-state index contributed by atoms with van der Waals surface area (Å²) in [6.07, 6.45) is 3.78. The molecular weight excluding hydrogens is 288 g/mol. The van der Waals surface area contributed by atoms with Crippen molar-refractivity contribution in [2.24, 2.45) is 0 Å². The first-order valence-electron chi connectivity index (χ1n) is 7.95. The molecule has 1 aliphatic rings. The lowest BCUT2D eigenvalue weighted by Gasteiger charge is -2.41. The van der Waals surface area contributed by atoms with Gasteiger partial charge in [0.25, 0.3) is 0 Å². The summed E-state index contributed by atoms with van der Waals surface area (Å²) in [4.78, 5) is 24.7. The van der Waals surface area contributed by atoms with Gasteiger partial charge in [-0.3, -0.25) is 9.69 Å². The van der Waals surface area contributed by atoms with Gasteiger partial charge in [0.2, 0.25) is 5.91 Å². The molecule has 1 aromatic heterocycles. The Balaban J connectivity index is 1.82. The topological polar surface area (TPSA) is 49.3 Å². The Labute approximate surface area is 137 Å². The molecule has 1 aliphatic heterocycles. The van der Waals surface area contributed by atoms with Gasteiger partial charge >= 0.3 is 0 Å². The zero-order chi connectivity index (χ0) is 16.2. The van der Waals surface area contributed by atoms with Crippen LogP contribution in [0.1, 0.15) is 29.9 Å². The van der Waals surface area contributed by atoms with Gasteiger partial charge in [-0.1, -0.05) is 30.3 Å². The molecule has 1 fully saturated rings. The zero-order valence-electron chi connectivity index (χ0n) is 13.6.